The molecule has 15 heavy (non-hydrogen) atoms. The van der Waals surface area contributed by atoms with Gasteiger partial charge in [-0.1, -0.05) is 13.8 Å². The highest BCUT2D eigenvalue weighted by molar-refractivity contribution is 4.84. The number of nitrogens with zero attached hydrogens (tertiary/aromatic N) is 2. The molecule has 0 amide bonds. The molecule has 2 heteroatoms. The van der Waals surface area contributed by atoms with Crippen molar-refractivity contribution in [1.82, 2.24) is 9.80 Å². The Morgan fingerprint density at radius 2 is 1.73 bits per heavy atom. The van der Waals surface area contributed by atoms with Crippen molar-refractivity contribution in [2.75, 3.05) is 19.6 Å². The first-order valence-electron chi connectivity index (χ1n) is 6.59. The Labute approximate surface area is 95.6 Å². The first-order chi connectivity index (χ1) is 7.10. The monoisotopic (exact) mass is 212 g/mol. The third kappa shape index (κ3) is 3.18. The number of piperazine rings is 1. The Bertz CT molecular complexity index is 175. The molecular formula is C13H28N2. The van der Waals surface area contributed by atoms with Gasteiger partial charge in [0, 0.05) is 37.8 Å². The maximum atomic E-state index is 2.68. The van der Waals surface area contributed by atoms with Crippen LogP contribution in [-0.4, -0.2) is 47.6 Å². The van der Waals surface area contributed by atoms with Crippen LogP contribution in [0.3, 0.4) is 0 Å². The van der Waals surface area contributed by atoms with Gasteiger partial charge in [0.25, 0.3) is 0 Å². The Hall–Kier alpha value is -0.0800. The van der Waals surface area contributed by atoms with E-state index in [1.807, 2.05) is 0 Å². The molecule has 1 aliphatic heterocycles. The van der Waals surface area contributed by atoms with E-state index in [1.54, 1.807) is 0 Å². The SMILES string of the molecule is CCC(CC)N1CCN(C(C)C)[C@H](C)C1. The molecule has 90 valence electrons. The van der Waals surface area contributed by atoms with Gasteiger partial charge in [0.1, 0.15) is 0 Å². The van der Waals surface area contributed by atoms with Crippen LogP contribution in [0.15, 0.2) is 0 Å². The largest absolute Gasteiger partial charge is 0.298 e. The Morgan fingerprint density at radius 3 is 2.13 bits per heavy atom. The Kier molecular flexibility index (Phi) is 5.07. The summed E-state index contributed by atoms with van der Waals surface area (Å²) >= 11 is 0. The average Bonchev–Trinajstić information content (AvgIpc) is 2.19. The lowest BCUT2D eigenvalue weighted by molar-refractivity contribution is 0.0347. The molecule has 1 aliphatic rings. The smallest absolute Gasteiger partial charge is 0.0198 e. The minimum Gasteiger partial charge on any atom is -0.298 e. The van der Waals surface area contributed by atoms with Gasteiger partial charge in [0.2, 0.25) is 0 Å². The third-order valence-corrected chi connectivity index (χ3v) is 3.83. The lowest BCUT2D eigenvalue weighted by atomic mass is 10.1. The summed E-state index contributed by atoms with van der Waals surface area (Å²) in [5.74, 6) is 0. The van der Waals surface area contributed by atoms with Crippen LogP contribution in [0.4, 0.5) is 0 Å². The fourth-order valence-corrected chi connectivity index (χ4v) is 2.90. The summed E-state index contributed by atoms with van der Waals surface area (Å²) in [7, 11) is 0. The topological polar surface area (TPSA) is 6.48 Å². The second kappa shape index (κ2) is 5.86. The van der Waals surface area contributed by atoms with Crippen LogP contribution in [0.25, 0.3) is 0 Å². The fourth-order valence-electron chi connectivity index (χ4n) is 2.90. The van der Waals surface area contributed by atoms with Crippen molar-refractivity contribution in [3.8, 4) is 0 Å². The quantitative estimate of drug-likeness (QED) is 0.707. The molecule has 0 aromatic heterocycles. The van der Waals surface area contributed by atoms with Gasteiger partial charge in [-0.05, 0) is 33.6 Å². The van der Waals surface area contributed by atoms with Crippen LogP contribution >= 0.6 is 0 Å². The maximum Gasteiger partial charge on any atom is 0.0198 e. The second-order valence-electron chi connectivity index (χ2n) is 5.15. The van der Waals surface area contributed by atoms with Gasteiger partial charge in [0.05, 0.1) is 0 Å². The summed E-state index contributed by atoms with van der Waals surface area (Å²) in [6, 6.07) is 2.23. The minimum atomic E-state index is 0.698. The molecule has 1 rings (SSSR count). The normalized spacial score (nSPS) is 25.4. The van der Waals surface area contributed by atoms with Crippen LogP contribution in [0.2, 0.25) is 0 Å². The highest BCUT2D eigenvalue weighted by atomic mass is 15.3. The van der Waals surface area contributed by atoms with E-state index >= 15 is 0 Å². The lowest BCUT2D eigenvalue weighted by Crippen LogP contribution is -2.56. The molecule has 0 saturated carbocycles. The van der Waals surface area contributed by atoms with Crippen molar-refractivity contribution >= 4 is 0 Å². The van der Waals surface area contributed by atoms with Crippen LogP contribution in [-0.2, 0) is 0 Å². The van der Waals surface area contributed by atoms with Gasteiger partial charge in [-0.25, -0.2) is 0 Å². The third-order valence-electron chi connectivity index (χ3n) is 3.83. The van der Waals surface area contributed by atoms with Crippen LogP contribution < -0.4 is 0 Å². The maximum absolute atomic E-state index is 2.68. The summed E-state index contributed by atoms with van der Waals surface area (Å²) < 4.78 is 0. The van der Waals surface area contributed by atoms with Gasteiger partial charge in [-0.3, -0.25) is 9.80 Å². The van der Waals surface area contributed by atoms with E-state index in [9.17, 15) is 0 Å². The van der Waals surface area contributed by atoms with Crippen molar-refractivity contribution in [2.45, 2.75) is 65.6 Å². The molecule has 1 heterocycles. The first-order valence-corrected chi connectivity index (χ1v) is 6.59. The van der Waals surface area contributed by atoms with Crippen molar-refractivity contribution in [3.05, 3.63) is 0 Å². The molecule has 0 spiro atoms. The highest BCUT2D eigenvalue weighted by Gasteiger charge is 2.27. The zero-order valence-corrected chi connectivity index (χ0v) is 11.2. The summed E-state index contributed by atoms with van der Waals surface area (Å²) in [6.45, 7) is 15.4. The minimum absolute atomic E-state index is 0.698. The fraction of sp³-hybridized carbons (Fsp3) is 1.00. The zero-order chi connectivity index (χ0) is 11.4. The average molecular weight is 212 g/mol. The zero-order valence-electron chi connectivity index (χ0n) is 11.2. The molecule has 0 aromatic carbocycles. The van der Waals surface area contributed by atoms with Gasteiger partial charge in [-0.2, -0.15) is 0 Å². The molecular weight excluding hydrogens is 184 g/mol. The van der Waals surface area contributed by atoms with E-state index in [1.165, 1.54) is 32.5 Å². The van der Waals surface area contributed by atoms with Crippen molar-refractivity contribution in [1.29, 1.82) is 0 Å². The van der Waals surface area contributed by atoms with Gasteiger partial charge in [0.15, 0.2) is 0 Å². The van der Waals surface area contributed by atoms with E-state index in [4.69, 9.17) is 0 Å². The molecule has 1 fully saturated rings. The molecule has 0 aliphatic carbocycles. The van der Waals surface area contributed by atoms with E-state index in [-0.39, 0.29) is 0 Å². The van der Waals surface area contributed by atoms with E-state index in [0.717, 1.165) is 12.1 Å². The molecule has 0 aromatic rings. The van der Waals surface area contributed by atoms with Crippen molar-refractivity contribution in [2.24, 2.45) is 0 Å². The summed E-state index contributed by atoms with van der Waals surface area (Å²) in [5, 5.41) is 0. The Morgan fingerprint density at radius 1 is 1.13 bits per heavy atom. The molecule has 0 N–H and O–H groups in total. The van der Waals surface area contributed by atoms with Crippen LogP contribution in [0.1, 0.15) is 47.5 Å². The number of rotatable bonds is 4. The summed E-state index contributed by atoms with van der Waals surface area (Å²) in [6.07, 6.45) is 2.59. The van der Waals surface area contributed by atoms with Crippen LogP contribution in [0, 0.1) is 0 Å². The van der Waals surface area contributed by atoms with E-state index in [0.29, 0.717) is 6.04 Å². The molecule has 2 nitrogen and oxygen atoms in total. The van der Waals surface area contributed by atoms with Gasteiger partial charge < -0.3 is 0 Å². The van der Waals surface area contributed by atoms with Crippen molar-refractivity contribution < 1.29 is 0 Å². The molecule has 1 saturated heterocycles. The van der Waals surface area contributed by atoms with E-state index in [2.05, 4.69) is 44.4 Å². The summed E-state index contributed by atoms with van der Waals surface area (Å²) in [5.41, 5.74) is 0. The molecule has 0 radical (unpaired) electrons. The summed E-state index contributed by atoms with van der Waals surface area (Å²) in [4.78, 5) is 5.31. The number of hydrogen-bond acceptors (Lipinski definition) is 2. The van der Waals surface area contributed by atoms with Gasteiger partial charge in [-0.15, -0.1) is 0 Å². The molecule has 0 unspecified atom stereocenters. The standard InChI is InChI=1S/C13H28N2/c1-6-13(7-2)14-8-9-15(11(3)4)12(5)10-14/h11-13H,6-10H2,1-5H3/t12-/m1/s1. The van der Waals surface area contributed by atoms with Crippen molar-refractivity contribution in [3.63, 3.8) is 0 Å². The predicted molar refractivity (Wildman–Crippen MR) is 67.2 cm³/mol. The number of hydrogen-bond donors (Lipinski definition) is 0. The predicted octanol–water partition coefficient (Wildman–Crippen LogP) is 2.59. The lowest BCUT2D eigenvalue weighted by Gasteiger charge is -2.44. The molecule has 0 bridgehead atoms. The van der Waals surface area contributed by atoms with Gasteiger partial charge >= 0.3 is 0 Å². The highest BCUT2D eigenvalue weighted by Crippen LogP contribution is 2.17. The second-order valence-corrected chi connectivity index (χ2v) is 5.15. The molecule has 1 atom stereocenters. The van der Waals surface area contributed by atoms with Crippen LogP contribution in [0.5, 0.6) is 0 Å². The van der Waals surface area contributed by atoms with E-state index < -0.39 is 0 Å². The first kappa shape index (κ1) is 13.0. The Balaban J connectivity index is 2.49.